The molecule has 1 aliphatic rings. The summed E-state index contributed by atoms with van der Waals surface area (Å²) < 4.78 is 0. The van der Waals surface area contributed by atoms with Gasteiger partial charge >= 0.3 is 5.97 Å². The van der Waals surface area contributed by atoms with Crippen LogP contribution in [0.1, 0.15) is 29.5 Å². The predicted molar refractivity (Wildman–Crippen MR) is 101 cm³/mol. The van der Waals surface area contributed by atoms with Gasteiger partial charge in [-0.25, -0.2) is 0 Å². The molecular weight excluding hydrogens is 326 g/mol. The molecule has 1 fully saturated rings. The lowest BCUT2D eigenvalue weighted by molar-refractivity contribution is -0.141. The van der Waals surface area contributed by atoms with Gasteiger partial charge in [0, 0.05) is 6.54 Å². The standard InChI is InChI=1S/C22H25NO3/c1-16-6-5-9-18(12-16)13-19(20(24)25)15-23-21(26)22(10-11-22)14-17-7-3-2-4-8-17/h2-9,12,19H,10-11,13-15H2,1H3,(H,23,26)(H,24,25). The van der Waals surface area contributed by atoms with Gasteiger partial charge in [-0.15, -0.1) is 0 Å². The molecule has 0 spiro atoms. The second-order valence-electron chi connectivity index (χ2n) is 7.38. The van der Waals surface area contributed by atoms with E-state index in [1.54, 1.807) is 0 Å². The monoisotopic (exact) mass is 351 g/mol. The van der Waals surface area contributed by atoms with Crippen LogP contribution in [0.3, 0.4) is 0 Å². The number of nitrogens with one attached hydrogen (secondary N) is 1. The van der Waals surface area contributed by atoms with E-state index in [1.165, 1.54) is 0 Å². The van der Waals surface area contributed by atoms with Crippen LogP contribution in [0.5, 0.6) is 0 Å². The summed E-state index contributed by atoms with van der Waals surface area (Å²) >= 11 is 0. The third-order valence-corrected chi connectivity index (χ3v) is 5.14. The maximum Gasteiger partial charge on any atom is 0.308 e. The van der Waals surface area contributed by atoms with Crippen LogP contribution in [-0.4, -0.2) is 23.5 Å². The van der Waals surface area contributed by atoms with Gasteiger partial charge in [0.2, 0.25) is 5.91 Å². The second-order valence-corrected chi connectivity index (χ2v) is 7.38. The number of carbonyl (C=O) groups excluding carboxylic acids is 1. The summed E-state index contributed by atoms with van der Waals surface area (Å²) in [5.41, 5.74) is 2.88. The van der Waals surface area contributed by atoms with Crippen molar-refractivity contribution in [2.45, 2.75) is 32.6 Å². The highest BCUT2D eigenvalue weighted by Gasteiger charge is 2.49. The van der Waals surface area contributed by atoms with Crippen molar-refractivity contribution in [2.24, 2.45) is 11.3 Å². The average molecular weight is 351 g/mol. The van der Waals surface area contributed by atoms with Gasteiger partial charge in [-0.3, -0.25) is 9.59 Å². The van der Waals surface area contributed by atoms with Gasteiger partial charge in [0.1, 0.15) is 0 Å². The molecule has 3 rings (SSSR count). The minimum atomic E-state index is -0.875. The molecule has 0 bridgehead atoms. The highest BCUT2D eigenvalue weighted by molar-refractivity contribution is 5.86. The molecule has 0 aromatic heterocycles. The number of aliphatic carboxylic acids is 1. The van der Waals surface area contributed by atoms with Crippen molar-refractivity contribution < 1.29 is 14.7 Å². The van der Waals surface area contributed by atoms with E-state index in [0.717, 1.165) is 36.0 Å². The molecule has 1 unspecified atom stereocenters. The molecule has 1 aliphatic carbocycles. The van der Waals surface area contributed by atoms with E-state index in [4.69, 9.17) is 0 Å². The van der Waals surface area contributed by atoms with E-state index in [1.807, 2.05) is 61.5 Å². The van der Waals surface area contributed by atoms with Gasteiger partial charge in [-0.2, -0.15) is 0 Å². The number of amides is 1. The summed E-state index contributed by atoms with van der Waals surface area (Å²) in [5, 5.41) is 12.4. The highest BCUT2D eigenvalue weighted by Crippen LogP contribution is 2.48. The third kappa shape index (κ3) is 4.51. The number of carboxylic acids is 1. The number of rotatable bonds is 8. The molecule has 26 heavy (non-hydrogen) atoms. The van der Waals surface area contributed by atoms with Gasteiger partial charge in [0.05, 0.1) is 11.3 Å². The first-order valence-corrected chi connectivity index (χ1v) is 9.09. The fraction of sp³-hybridized carbons (Fsp3) is 0.364. The summed E-state index contributed by atoms with van der Waals surface area (Å²) in [7, 11) is 0. The Morgan fingerprint density at radius 2 is 1.77 bits per heavy atom. The van der Waals surface area contributed by atoms with Crippen LogP contribution in [0.2, 0.25) is 0 Å². The van der Waals surface area contributed by atoms with Crippen LogP contribution in [0.25, 0.3) is 0 Å². The van der Waals surface area contributed by atoms with E-state index in [9.17, 15) is 14.7 Å². The van der Waals surface area contributed by atoms with Crippen molar-refractivity contribution in [3.05, 3.63) is 71.3 Å². The Morgan fingerprint density at radius 3 is 2.38 bits per heavy atom. The van der Waals surface area contributed by atoms with E-state index in [-0.39, 0.29) is 17.9 Å². The van der Waals surface area contributed by atoms with E-state index < -0.39 is 11.9 Å². The van der Waals surface area contributed by atoms with Crippen LogP contribution in [-0.2, 0) is 22.4 Å². The number of hydrogen-bond acceptors (Lipinski definition) is 2. The van der Waals surface area contributed by atoms with Crippen LogP contribution in [0.4, 0.5) is 0 Å². The van der Waals surface area contributed by atoms with E-state index in [0.29, 0.717) is 6.42 Å². The molecule has 1 saturated carbocycles. The second kappa shape index (κ2) is 7.73. The smallest absolute Gasteiger partial charge is 0.308 e. The molecule has 136 valence electrons. The molecule has 4 nitrogen and oxygen atoms in total. The molecule has 4 heteroatoms. The largest absolute Gasteiger partial charge is 0.481 e. The van der Waals surface area contributed by atoms with Crippen LogP contribution in [0, 0.1) is 18.3 Å². The maximum absolute atomic E-state index is 12.7. The first-order chi connectivity index (χ1) is 12.5. The summed E-state index contributed by atoms with van der Waals surface area (Å²) in [4.78, 5) is 24.3. The maximum atomic E-state index is 12.7. The Kier molecular flexibility index (Phi) is 5.40. The zero-order chi connectivity index (χ0) is 18.6. The van der Waals surface area contributed by atoms with Crippen molar-refractivity contribution in [1.29, 1.82) is 0 Å². The Bertz CT molecular complexity index is 781. The van der Waals surface area contributed by atoms with E-state index in [2.05, 4.69) is 5.32 Å². The van der Waals surface area contributed by atoms with Crippen molar-refractivity contribution in [3.63, 3.8) is 0 Å². The molecule has 2 N–H and O–H groups in total. The van der Waals surface area contributed by atoms with Crippen molar-refractivity contribution in [3.8, 4) is 0 Å². The third-order valence-electron chi connectivity index (χ3n) is 5.14. The molecule has 2 aromatic carbocycles. The number of benzene rings is 2. The van der Waals surface area contributed by atoms with Crippen molar-refractivity contribution >= 4 is 11.9 Å². The van der Waals surface area contributed by atoms with Gasteiger partial charge < -0.3 is 10.4 Å². The summed E-state index contributed by atoms with van der Waals surface area (Å²) in [6.07, 6.45) is 2.87. The lowest BCUT2D eigenvalue weighted by Gasteiger charge is -2.18. The fourth-order valence-corrected chi connectivity index (χ4v) is 3.40. The van der Waals surface area contributed by atoms with Gasteiger partial charge in [0.15, 0.2) is 0 Å². The lowest BCUT2D eigenvalue weighted by Crippen LogP contribution is -2.39. The number of hydrogen-bond donors (Lipinski definition) is 2. The number of carbonyl (C=O) groups is 2. The predicted octanol–water partition coefficient (Wildman–Crippen LogP) is 3.38. The molecular formula is C22H25NO3. The topological polar surface area (TPSA) is 66.4 Å². The first kappa shape index (κ1) is 18.2. The molecule has 1 atom stereocenters. The Hall–Kier alpha value is -2.62. The zero-order valence-electron chi connectivity index (χ0n) is 15.1. The van der Waals surface area contributed by atoms with Gasteiger partial charge in [-0.05, 0) is 43.7 Å². The quantitative estimate of drug-likeness (QED) is 0.766. The summed E-state index contributed by atoms with van der Waals surface area (Å²) in [5.74, 6) is -1.51. The van der Waals surface area contributed by atoms with Crippen LogP contribution < -0.4 is 5.32 Å². The Morgan fingerprint density at radius 1 is 1.08 bits per heavy atom. The Balaban J connectivity index is 1.58. The molecule has 0 aliphatic heterocycles. The number of carboxylic acid groups (broad SMARTS) is 1. The zero-order valence-corrected chi connectivity index (χ0v) is 15.1. The van der Waals surface area contributed by atoms with Gasteiger partial charge in [-0.1, -0.05) is 60.2 Å². The normalized spacial score (nSPS) is 15.9. The van der Waals surface area contributed by atoms with Gasteiger partial charge in [0.25, 0.3) is 0 Å². The van der Waals surface area contributed by atoms with E-state index >= 15 is 0 Å². The Labute approximate surface area is 154 Å². The lowest BCUT2D eigenvalue weighted by atomic mass is 9.94. The van der Waals surface area contributed by atoms with Crippen LogP contribution >= 0.6 is 0 Å². The molecule has 0 radical (unpaired) electrons. The summed E-state index contributed by atoms with van der Waals surface area (Å²) in [6.45, 7) is 2.15. The first-order valence-electron chi connectivity index (χ1n) is 9.09. The minimum Gasteiger partial charge on any atom is -0.481 e. The molecule has 1 amide bonds. The van der Waals surface area contributed by atoms with Crippen molar-refractivity contribution in [1.82, 2.24) is 5.32 Å². The minimum absolute atomic E-state index is 0.0168. The van der Waals surface area contributed by atoms with Crippen molar-refractivity contribution in [2.75, 3.05) is 6.54 Å². The fourth-order valence-electron chi connectivity index (χ4n) is 3.40. The summed E-state index contributed by atoms with van der Waals surface area (Å²) in [6, 6.07) is 17.8. The molecule has 0 heterocycles. The number of aryl methyl sites for hydroxylation is 1. The molecule has 2 aromatic rings. The SMILES string of the molecule is Cc1cccc(CC(CNC(=O)C2(Cc3ccccc3)CC2)C(=O)O)c1. The molecule has 0 saturated heterocycles. The van der Waals surface area contributed by atoms with Crippen LogP contribution in [0.15, 0.2) is 54.6 Å². The average Bonchev–Trinajstić information content (AvgIpc) is 3.40. The highest BCUT2D eigenvalue weighted by atomic mass is 16.4.